The number of aromatic nitrogens is 2. The van der Waals surface area contributed by atoms with Crippen LogP contribution in [0.1, 0.15) is 43.4 Å². The summed E-state index contributed by atoms with van der Waals surface area (Å²) in [5.41, 5.74) is 0.604. The van der Waals surface area contributed by atoms with Crippen LogP contribution in [0.4, 0.5) is 0 Å². The van der Waals surface area contributed by atoms with Crippen LogP contribution in [-0.2, 0) is 6.61 Å². The molecule has 2 aromatic carbocycles. The maximum Gasteiger partial charge on any atom is 0.259 e. The van der Waals surface area contributed by atoms with Gasteiger partial charge in [0.05, 0.1) is 10.9 Å². The van der Waals surface area contributed by atoms with E-state index in [1.807, 2.05) is 51.1 Å². The Morgan fingerprint density at radius 3 is 2.58 bits per heavy atom. The van der Waals surface area contributed by atoms with Gasteiger partial charge >= 0.3 is 0 Å². The predicted molar refractivity (Wildman–Crippen MR) is 102 cm³/mol. The third-order valence-electron chi connectivity index (χ3n) is 4.64. The third kappa shape index (κ3) is 3.67. The molecule has 0 saturated heterocycles. The van der Waals surface area contributed by atoms with Gasteiger partial charge in [-0.2, -0.15) is 0 Å². The van der Waals surface area contributed by atoms with Crippen molar-refractivity contribution >= 4 is 16.7 Å². The molecule has 0 aliphatic rings. The fourth-order valence-electron chi connectivity index (χ4n) is 2.54. The highest BCUT2D eigenvalue weighted by molar-refractivity contribution is 5.98. The van der Waals surface area contributed by atoms with Gasteiger partial charge in [0.25, 0.3) is 5.56 Å². The molecule has 0 fully saturated rings. The molecule has 0 bridgehead atoms. The molecule has 0 amide bonds. The topological polar surface area (TPSA) is 72.0 Å². The lowest BCUT2D eigenvalue weighted by Crippen LogP contribution is -2.27. The highest BCUT2D eigenvalue weighted by atomic mass is 16.5. The number of H-pyrrole nitrogens is 1. The summed E-state index contributed by atoms with van der Waals surface area (Å²) in [5, 5.41) is 0.433. The number of nitrogens with one attached hydrogen (secondary N) is 1. The number of carbonyl (C=O) groups is 1. The van der Waals surface area contributed by atoms with Gasteiger partial charge < -0.3 is 9.72 Å². The van der Waals surface area contributed by atoms with Crippen LogP contribution in [0.2, 0.25) is 0 Å². The van der Waals surface area contributed by atoms with Gasteiger partial charge in [0.2, 0.25) is 5.78 Å². The summed E-state index contributed by atoms with van der Waals surface area (Å²) in [7, 11) is 0. The number of ether oxygens (including phenoxy) is 1. The number of carbonyl (C=O) groups excluding carboxylic acids is 1. The molecule has 0 spiro atoms. The average Bonchev–Trinajstić information content (AvgIpc) is 2.66. The van der Waals surface area contributed by atoms with E-state index in [-0.39, 0.29) is 17.2 Å². The molecule has 5 heteroatoms. The number of hydrogen-bond acceptors (Lipinski definition) is 4. The second-order valence-corrected chi connectivity index (χ2v) is 6.93. The lowest BCUT2D eigenvalue weighted by molar-refractivity contribution is 0.0821. The zero-order valence-corrected chi connectivity index (χ0v) is 15.2. The Hall–Kier alpha value is -2.95. The van der Waals surface area contributed by atoms with Crippen LogP contribution < -0.4 is 10.3 Å². The Kier molecular flexibility index (Phi) is 4.89. The van der Waals surface area contributed by atoms with E-state index in [0.717, 1.165) is 5.56 Å². The van der Waals surface area contributed by atoms with Gasteiger partial charge in [0, 0.05) is 11.5 Å². The van der Waals surface area contributed by atoms with Crippen molar-refractivity contribution in [2.45, 2.75) is 33.8 Å². The van der Waals surface area contributed by atoms with E-state index in [1.54, 1.807) is 18.2 Å². The molecule has 134 valence electrons. The van der Waals surface area contributed by atoms with E-state index in [2.05, 4.69) is 9.97 Å². The molecule has 0 radical (unpaired) electrons. The normalized spacial score (nSPS) is 11.5. The lowest BCUT2D eigenvalue weighted by Gasteiger charge is -2.19. The van der Waals surface area contributed by atoms with Crippen molar-refractivity contribution in [2.24, 2.45) is 5.41 Å². The summed E-state index contributed by atoms with van der Waals surface area (Å²) in [6.45, 7) is 6.05. The Morgan fingerprint density at radius 1 is 1.15 bits per heavy atom. The van der Waals surface area contributed by atoms with Crippen molar-refractivity contribution in [3.8, 4) is 5.75 Å². The van der Waals surface area contributed by atoms with Crippen LogP contribution in [0.3, 0.4) is 0 Å². The number of benzene rings is 2. The molecule has 3 aromatic rings. The van der Waals surface area contributed by atoms with E-state index in [9.17, 15) is 9.59 Å². The van der Waals surface area contributed by atoms with Gasteiger partial charge in [-0.25, -0.2) is 4.98 Å². The summed E-state index contributed by atoms with van der Waals surface area (Å²) < 4.78 is 5.79. The zero-order chi connectivity index (χ0) is 18.7. The minimum absolute atomic E-state index is 0.0922. The van der Waals surface area contributed by atoms with Gasteiger partial charge in [-0.3, -0.25) is 9.59 Å². The third-order valence-corrected chi connectivity index (χ3v) is 4.64. The first-order chi connectivity index (χ1) is 12.4. The molecular weight excluding hydrogens is 328 g/mol. The lowest BCUT2D eigenvalue weighted by atomic mass is 9.85. The van der Waals surface area contributed by atoms with E-state index in [0.29, 0.717) is 29.7 Å². The first kappa shape index (κ1) is 17.9. The second-order valence-electron chi connectivity index (χ2n) is 6.93. The summed E-state index contributed by atoms with van der Waals surface area (Å²) in [6, 6.07) is 14.9. The summed E-state index contributed by atoms with van der Waals surface area (Å²) >= 11 is 0. The number of hydrogen-bond donors (Lipinski definition) is 1. The maximum absolute atomic E-state index is 12.6. The summed E-state index contributed by atoms with van der Waals surface area (Å²) in [5.74, 6) is 0.525. The molecule has 0 aliphatic carbocycles. The number of nitrogens with zero attached hydrogens (tertiary/aromatic N) is 1. The van der Waals surface area contributed by atoms with Crippen molar-refractivity contribution < 1.29 is 9.53 Å². The number of aromatic amines is 1. The van der Waals surface area contributed by atoms with Gasteiger partial charge in [-0.15, -0.1) is 0 Å². The van der Waals surface area contributed by atoms with Crippen LogP contribution in [-0.4, -0.2) is 15.8 Å². The Bertz CT molecular complexity index is 991. The summed E-state index contributed by atoms with van der Waals surface area (Å²) in [4.78, 5) is 31.9. The number of ketones is 1. The monoisotopic (exact) mass is 350 g/mol. The Balaban J connectivity index is 1.92. The maximum atomic E-state index is 12.6. The molecule has 1 heterocycles. The Morgan fingerprint density at radius 2 is 1.88 bits per heavy atom. The molecule has 1 aromatic heterocycles. The van der Waals surface area contributed by atoms with Crippen LogP contribution in [0, 0.1) is 5.41 Å². The molecule has 0 aliphatic heterocycles. The minimum atomic E-state index is -0.578. The fourth-order valence-corrected chi connectivity index (χ4v) is 2.54. The molecule has 1 N–H and O–H groups in total. The van der Waals surface area contributed by atoms with E-state index in [4.69, 9.17) is 4.74 Å². The fraction of sp³-hybridized carbons (Fsp3) is 0.286. The molecule has 0 unspecified atom stereocenters. The van der Waals surface area contributed by atoms with E-state index in [1.165, 1.54) is 0 Å². The number of fused-ring (bicyclic) bond motifs is 1. The molecule has 26 heavy (non-hydrogen) atoms. The average molecular weight is 350 g/mol. The van der Waals surface area contributed by atoms with Crippen molar-refractivity contribution in [1.29, 1.82) is 0 Å². The first-order valence-electron chi connectivity index (χ1n) is 8.66. The van der Waals surface area contributed by atoms with Crippen molar-refractivity contribution in [1.82, 2.24) is 9.97 Å². The predicted octanol–water partition coefficient (Wildman–Crippen LogP) is 4.12. The van der Waals surface area contributed by atoms with Gasteiger partial charge in [-0.1, -0.05) is 51.1 Å². The highest BCUT2D eigenvalue weighted by Gasteiger charge is 2.28. The van der Waals surface area contributed by atoms with Gasteiger partial charge in [0.1, 0.15) is 12.4 Å². The highest BCUT2D eigenvalue weighted by Crippen LogP contribution is 2.25. The van der Waals surface area contributed by atoms with Crippen LogP contribution in [0.25, 0.3) is 10.9 Å². The minimum Gasteiger partial charge on any atom is -0.489 e. The van der Waals surface area contributed by atoms with Crippen LogP contribution in [0.5, 0.6) is 5.75 Å². The number of Topliss-reactive ketones (excluding diaryl/α,β-unsaturated/α-hetero) is 1. The van der Waals surface area contributed by atoms with E-state index < -0.39 is 5.41 Å². The zero-order valence-electron chi connectivity index (χ0n) is 15.2. The van der Waals surface area contributed by atoms with Crippen molar-refractivity contribution in [3.63, 3.8) is 0 Å². The molecule has 0 saturated carbocycles. The standard InChI is InChI=1S/C21H22N2O3/c1-4-21(2,3)18(24)19-22-17-12-15(10-11-16(17)20(25)23-19)26-13-14-8-6-5-7-9-14/h5-12H,4,13H2,1-3H3,(H,22,23,25). The molecule has 0 atom stereocenters. The van der Waals surface area contributed by atoms with Crippen LogP contribution in [0.15, 0.2) is 53.3 Å². The summed E-state index contributed by atoms with van der Waals surface area (Å²) in [6.07, 6.45) is 0.661. The smallest absolute Gasteiger partial charge is 0.259 e. The first-order valence-corrected chi connectivity index (χ1v) is 8.66. The quantitative estimate of drug-likeness (QED) is 0.679. The van der Waals surface area contributed by atoms with Crippen LogP contribution >= 0.6 is 0 Å². The van der Waals surface area contributed by atoms with E-state index >= 15 is 0 Å². The van der Waals surface area contributed by atoms with Crippen molar-refractivity contribution in [2.75, 3.05) is 0 Å². The van der Waals surface area contributed by atoms with Crippen molar-refractivity contribution in [3.05, 3.63) is 70.3 Å². The second kappa shape index (κ2) is 7.12. The number of rotatable bonds is 6. The largest absolute Gasteiger partial charge is 0.489 e. The molecular formula is C21H22N2O3. The molecule has 3 rings (SSSR count). The SMILES string of the molecule is CCC(C)(C)C(=O)c1nc2cc(OCc3ccccc3)ccc2c(=O)[nH]1. The molecule has 5 nitrogen and oxygen atoms in total. The Labute approximate surface area is 152 Å². The van der Waals surface area contributed by atoms with Gasteiger partial charge in [-0.05, 0) is 24.1 Å². The van der Waals surface area contributed by atoms with Gasteiger partial charge in [0.15, 0.2) is 5.82 Å².